The monoisotopic (exact) mass is 357 g/mol. The van der Waals surface area contributed by atoms with E-state index in [1.807, 2.05) is 0 Å². The molecule has 0 saturated carbocycles. The number of hydrogen-bond acceptors (Lipinski definition) is 2. The van der Waals surface area contributed by atoms with Gasteiger partial charge in [0.15, 0.2) is 23.3 Å². The molecule has 1 atom stereocenters. The molecule has 0 aliphatic carbocycles. The molecule has 1 heterocycles. The third-order valence-electron chi connectivity index (χ3n) is 4.04. The Hall–Kier alpha value is -2.13. The number of anilines is 1. The fourth-order valence-electron chi connectivity index (χ4n) is 2.44. The van der Waals surface area contributed by atoms with Crippen molar-refractivity contribution in [2.75, 3.05) is 4.90 Å². The van der Waals surface area contributed by atoms with Gasteiger partial charge in [-0.15, -0.1) is 0 Å². The van der Waals surface area contributed by atoms with Crippen molar-refractivity contribution >= 4 is 17.5 Å². The van der Waals surface area contributed by atoms with E-state index in [-0.39, 0.29) is 11.3 Å². The van der Waals surface area contributed by atoms with Crippen LogP contribution in [0.1, 0.15) is 32.3 Å². The second-order valence-electron chi connectivity index (χ2n) is 5.60. The highest BCUT2D eigenvalue weighted by Gasteiger charge is 2.51. The highest BCUT2D eigenvalue weighted by molar-refractivity contribution is 6.22. The van der Waals surface area contributed by atoms with E-state index in [1.165, 1.54) is 13.8 Å². The maximum Gasteiger partial charge on any atom is 0.422 e. The van der Waals surface area contributed by atoms with E-state index < -0.39 is 64.3 Å². The predicted octanol–water partition coefficient (Wildman–Crippen LogP) is 3.94. The highest BCUT2D eigenvalue weighted by Crippen LogP contribution is 2.43. The molecule has 132 valence electrons. The number of nitrogens with zero attached hydrogens (tertiary/aromatic N) is 1. The smallest absolute Gasteiger partial charge is 0.274 e. The van der Waals surface area contributed by atoms with E-state index in [0.29, 0.717) is 0 Å². The Morgan fingerprint density at radius 2 is 1.46 bits per heavy atom. The van der Waals surface area contributed by atoms with Crippen LogP contribution < -0.4 is 4.90 Å². The van der Waals surface area contributed by atoms with Crippen molar-refractivity contribution in [3.63, 3.8) is 0 Å². The van der Waals surface area contributed by atoms with E-state index in [9.17, 15) is 40.3 Å². The largest absolute Gasteiger partial charge is 0.422 e. The van der Waals surface area contributed by atoms with E-state index in [1.54, 1.807) is 0 Å². The van der Waals surface area contributed by atoms with Crippen LogP contribution in [0.4, 0.5) is 36.4 Å². The molecule has 1 aromatic carbocycles. The maximum atomic E-state index is 14.0. The number of carbonyl (C=O) groups excluding carboxylic acids is 2. The minimum absolute atomic E-state index is 0.0723. The van der Waals surface area contributed by atoms with Crippen LogP contribution >= 0.6 is 0 Å². The van der Waals surface area contributed by atoms with Gasteiger partial charge in [0, 0.05) is 6.42 Å². The Labute approximate surface area is 131 Å². The van der Waals surface area contributed by atoms with Crippen LogP contribution in [0.25, 0.3) is 0 Å². The third-order valence-corrected chi connectivity index (χ3v) is 4.04. The summed E-state index contributed by atoms with van der Waals surface area (Å²) in [6.45, 7) is 2.79. The molecule has 0 N–H and O–H groups in total. The third kappa shape index (κ3) is 2.44. The van der Waals surface area contributed by atoms with Gasteiger partial charge in [0.1, 0.15) is 11.3 Å². The lowest BCUT2D eigenvalue weighted by molar-refractivity contribution is -0.143. The topological polar surface area (TPSA) is 37.4 Å². The zero-order valence-electron chi connectivity index (χ0n) is 12.3. The molecule has 1 fully saturated rings. The molecule has 0 radical (unpaired) electrons. The van der Waals surface area contributed by atoms with Crippen molar-refractivity contribution in [2.24, 2.45) is 5.41 Å². The van der Waals surface area contributed by atoms with E-state index >= 15 is 0 Å². The Balaban J connectivity index is 2.75. The zero-order chi connectivity index (χ0) is 18.6. The van der Waals surface area contributed by atoms with E-state index in [2.05, 4.69) is 0 Å². The van der Waals surface area contributed by atoms with Gasteiger partial charge in [0.05, 0.1) is 5.41 Å². The lowest BCUT2D eigenvalue weighted by Gasteiger charge is -2.22. The van der Waals surface area contributed by atoms with Gasteiger partial charge < -0.3 is 0 Å². The quantitative estimate of drug-likeness (QED) is 0.457. The SMILES string of the molecule is CCC1(C)CC(=O)N(c2c(F)c(F)c(C(F)(F)F)c(F)c2F)C1=O. The number of amides is 2. The van der Waals surface area contributed by atoms with Crippen LogP contribution in [0, 0.1) is 28.7 Å². The van der Waals surface area contributed by atoms with Gasteiger partial charge in [0.2, 0.25) is 11.8 Å². The molecule has 24 heavy (non-hydrogen) atoms. The summed E-state index contributed by atoms with van der Waals surface area (Å²) in [7, 11) is 0. The van der Waals surface area contributed by atoms with Crippen molar-refractivity contribution in [3.05, 3.63) is 28.8 Å². The first-order valence-corrected chi connectivity index (χ1v) is 6.67. The fraction of sp³-hybridized carbons (Fsp3) is 0.429. The van der Waals surface area contributed by atoms with E-state index in [4.69, 9.17) is 0 Å². The lowest BCUT2D eigenvalue weighted by Crippen LogP contribution is -2.36. The van der Waals surface area contributed by atoms with E-state index in [0.717, 1.165) is 0 Å². The first-order chi connectivity index (χ1) is 10.9. The predicted molar refractivity (Wildman–Crippen MR) is 66.8 cm³/mol. The van der Waals surface area contributed by atoms with Gasteiger partial charge in [-0.2, -0.15) is 13.2 Å². The molecular formula is C14H10F7NO2. The van der Waals surface area contributed by atoms with Gasteiger partial charge in [-0.25, -0.2) is 22.5 Å². The van der Waals surface area contributed by atoms with Crippen LogP contribution in [0.2, 0.25) is 0 Å². The molecule has 1 unspecified atom stereocenters. The zero-order valence-corrected chi connectivity index (χ0v) is 12.3. The number of hydrogen-bond donors (Lipinski definition) is 0. The molecule has 1 aliphatic rings. The Morgan fingerprint density at radius 3 is 1.79 bits per heavy atom. The van der Waals surface area contributed by atoms with Crippen molar-refractivity contribution in [1.82, 2.24) is 0 Å². The molecule has 0 spiro atoms. The van der Waals surface area contributed by atoms with Crippen LogP contribution in [0.5, 0.6) is 0 Å². The lowest BCUT2D eigenvalue weighted by atomic mass is 9.86. The van der Waals surface area contributed by atoms with Gasteiger partial charge in [0.25, 0.3) is 0 Å². The maximum absolute atomic E-state index is 14.0. The molecular weight excluding hydrogens is 347 g/mol. The fourth-order valence-corrected chi connectivity index (χ4v) is 2.44. The summed E-state index contributed by atoms with van der Waals surface area (Å²) >= 11 is 0. The summed E-state index contributed by atoms with van der Waals surface area (Å²) in [5.41, 5.74) is -5.91. The van der Waals surface area contributed by atoms with Crippen molar-refractivity contribution in [1.29, 1.82) is 0 Å². The van der Waals surface area contributed by atoms with Gasteiger partial charge >= 0.3 is 6.18 Å². The summed E-state index contributed by atoms with van der Waals surface area (Å²) in [5.74, 6) is -12.7. The summed E-state index contributed by atoms with van der Waals surface area (Å²) in [6.07, 6.45) is -6.13. The Morgan fingerprint density at radius 1 is 1.00 bits per heavy atom. The number of rotatable bonds is 2. The average molecular weight is 357 g/mol. The standard InChI is InChI=1S/C14H10F7NO2/c1-3-13(2)4-5(23)22(12(13)24)11-9(17)7(15)6(14(19,20)21)8(16)10(11)18/h3-4H2,1-2H3. The van der Waals surface area contributed by atoms with Crippen LogP contribution in [-0.4, -0.2) is 11.8 Å². The molecule has 1 aromatic rings. The second-order valence-corrected chi connectivity index (χ2v) is 5.60. The van der Waals surface area contributed by atoms with Crippen molar-refractivity contribution in [3.8, 4) is 0 Å². The van der Waals surface area contributed by atoms with Gasteiger partial charge in [-0.3, -0.25) is 9.59 Å². The van der Waals surface area contributed by atoms with Crippen LogP contribution in [0.15, 0.2) is 0 Å². The number of halogens is 7. The number of imide groups is 1. The number of benzene rings is 1. The molecule has 2 rings (SSSR count). The number of alkyl halides is 3. The average Bonchev–Trinajstić information content (AvgIpc) is 2.68. The second kappa shape index (κ2) is 5.45. The first-order valence-electron chi connectivity index (χ1n) is 6.67. The van der Waals surface area contributed by atoms with Crippen molar-refractivity contribution in [2.45, 2.75) is 32.9 Å². The highest BCUT2D eigenvalue weighted by atomic mass is 19.4. The van der Waals surface area contributed by atoms with Gasteiger partial charge in [-0.05, 0) is 6.42 Å². The summed E-state index contributed by atoms with van der Waals surface area (Å²) in [5, 5.41) is 0. The molecule has 1 saturated heterocycles. The first kappa shape index (κ1) is 18.2. The normalized spacial score (nSPS) is 21.8. The molecule has 3 nitrogen and oxygen atoms in total. The summed E-state index contributed by atoms with van der Waals surface area (Å²) < 4.78 is 92.8. The minimum atomic E-state index is -5.70. The summed E-state index contributed by atoms with van der Waals surface area (Å²) in [4.78, 5) is 23.9. The van der Waals surface area contributed by atoms with Crippen LogP contribution in [-0.2, 0) is 15.8 Å². The molecule has 0 aromatic heterocycles. The number of carbonyl (C=O) groups is 2. The molecule has 1 aliphatic heterocycles. The Bertz CT molecular complexity index is 715. The molecule has 2 amide bonds. The Kier molecular flexibility index (Phi) is 4.14. The molecule has 0 bridgehead atoms. The van der Waals surface area contributed by atoms with Crippen molar-refractivity contribution < 1.29 is 40.3 Å². The summed E-state index contributed by atoms with van der Waals surface area (Å²) in [6, 6.07) is 0. The minimum Gasteiger partial charge on any atom is -0.274 e. The molecule has 10 heteroatoms. The van der Waals surface area contributed by atoms with Gasteiger partial charge in [-0.1, -0.05) is 13.8 Å². The van der Waals surface area contributed by atoms with Crippen LogP contribution in [0.3, 0.4) is 0 Å².